The van der Waals surface area contributed by atoms with Crippen molar-refractivity contribution in [3.63, 3.8) is 0 Å². The first-order valence-electron chi connectivity index (χ1n) is 8.14. The lowest BCUT2D eigenvalue weighted by molar-refractivity contribution is 0.0998. The molecule has 0 aliphatic rings. The van der Waals surface area contributed by atoms with E-state index in [1.807, 2.05) is 35.7 Å². The number of aromatic nitrogens is 1. The molecule has 0 spiro atoms. The highest BCUT2D eigenvalue weighted by molar-refractivity contribution is 7.07. The van der Waals surface area contributed by atoms with E-state index >= 15 is 0 Å². The molecule has 7 heteroatoms. The zero-order valence-electron chi connectivity index (χ0n) is 14.4. The van der Waals surface area contributed by atoms with Crippen molar-refractivity contribution in [3.8, 4) is 17.0 Å². The van der Waals surface area contributed by atoms with Crippen molar-refractivity contribution in [1.29, 1.82) is 0 Å². The lowest BCUT2D eigenvalue weighted by atomic mass is 10.1. The molecular formula is C20H18N4O2S. The van der Waals surface area contributed by atoms with Crippen molar-refractivity contribution in [3.05, 3.63) is 82.5 Å². The molecule has 0 unspecified atom stereocenters. The molecular weight excluding hydrogens is 360 g/mol. The number of carbonyl (C=O) groups excluding carboxylic acids is 1. The van der Waals surface area contributed by atoms with Gasteiger partial charge in [-0.25, -0.2) is 4.68 Å². The molecule has 6 nitrogen and oxygen atoms in total. The molecule has 0 fully saturated rings. The van der Waals surface area contributed by atoms with Gasteiger partial charge in [-0.2, -0.15) is 5.10 Å². The molecule has 2 aromatic carbocycles. The van der Waals surface area contributed by atoms with Crippen LogP contribution in [0.2, 0.25) is 0 Å². The molecule has 0 aliphatic carbocycles. The van der Waals surface area contributed by atoms with Gasteiger partial charge in [0.1, 0.15) is 5.75 Å². The minimum Gasteiger partial charge on any atom is -0.507 e. The van der Waals surface area contributed by atoms with E-state index in [0.29, 0.717) is 16.9 Å². The second-order valence-electron chi connectivity index (χ2n) is 5.60. The van der Waals surface area contributed by atoms with E-state index in [1.165, 1.54) is 17.4 Å². The van der Waals surface area contributed by atoms with Crippen molar-refractivity contribution in [1.82, 2.24) is 4.68 Å². The molecule has 1 amide bonds. The predicted molar refractivity (Wildman–Crippen MR) is 108 cm³/mol. The maximum absolute atomic E-state index is 11.5. The van der Waals surface area contributed by atoms with Crippen LogP contribution >= 0.6 is 11.3 Å². The van der Waals surface area contributed by atoms with E-state index in [4.69, 9.17) is 5.73 Å². The third-order valence-corrected chi connectivity index (χ3v) is 4.57. The Morgan fingerprint density at radius 3 is 2.74 bits per heavy atom. The van der Waals surface area contributed by atoms with Crippen LogP contribution in [0.5, 0.6) is 5.75 Å². The fourth-order valence-corrected chi connectivity index (χ4v) is 3.26. The van der Waals surface area contributed by atoms with E-state index < -0.39 is 5.91 Å². The van der Waals surface area contributed by atoms with Crippen LogP contribution in [0.25, 0.3) is 11.3 Å². The number of carbonyl (C=O) groups is 1. The number of amides is 1. The van der Waals surface area contributed by atoms with Crippen LogP contribution in [0.4, 0.5) is 0 Å². The first-order chi connectivity index (χ1) is 13.1. The number of phenols is 1. The first kappa shape index (κ1) is 18.3. The Labute approximate surface area is 160 Å². The van der Waals surface area contributed by atoms with Gasteiger partial charge in [-0.05, 0) is 23.8 Å². The zero-order valence-corrected chi connectivity index (χ0v) is 15.3. The lowest BCUT2D eigenvalue weighted by Crippen LogP contribution is -2.13. The highest BCUT2D eigenvalue weighted by Crippen LogP contribution is 2.26. The van der Waals surface area contributed by atoms with E-state index in [2.05, 4.69) is 16.7 Å². The molecule has 1 heterocycles. The maximum atomic E-state index is 11.5. The number of benzene rings is 2. The van der Waals surface area contributed by atoms with Crippen LogP contribution in [0.15, 0.2) is 76.7 Å². The molecule has 0 radical (unpaired) electrons. The Morgan fingerprint density at radius 1 is 1.26 bits per heavy atom. The summed E-state index contributed by atoms with van der Waals surface area (Å²) in [5, 5.41) is 16.3. The Balaban J connectivity index is 2.12. The molecule has 27 heavy (non-hydrogen) atoms. The van der Waals surface area contributed by atoms with Crippen molar-refractivity contribution in [2.45, 2.75) is 0 Å². The SMILES string of the molecule is C=CCN=c1scc(-c2ccc(O)c(C(N)=O)c2)n1/N=C\c1ccccc1. The summed E-state index contributed by atoms with van der Waals surface area (Å²) >= 11 is 1.42. The molecule has 0 saturated carbocycles. The summed E-state index contributed by atoms with van der Waals surface area (Å²) in [7, 11) is 0. The molecule has 0 atom stereocenters. The van der Waals surface area contributed by atoms with Gasteiger partial charge in [0.2, 0.25) is 4.80 Å². The van der Waals surface area contributed by atoms with Gasteiger partial charge in [-0.1, -0.05) is 36.4 Å². The van der Waals surface area contributed by atoms with Crippen LogP contribution in [0.3, 0.4) is 0 Å². The topological polar surface area (TPSA) is 93.0 Å². The molecule has 1 aromatic heterocycles. The lowest BCUT2D eigenvalue weighted by Gasteiger charge is -2.06. The Bertz CT molecular complexity index is 1070. The van der Waals surface area contributed by atoms with Gasteiger partial charge in [0.05, 0.1) is 24.0 Å². The molecule has 3 rings (SSSR count). The number of nitrogens with zero attached hydrogens (tertiary/aromatic N) is 3. The van der Waals surface area contributed by atoms with Crippen LogP contribution in [-0.4, -0.2) is 28.4 Å². The normalized spacial score (nSPS) is 11.8. The average Bonchev–Trinajstić information content (AvgIpc) is 3.08. The molecule has 0 aliphatic heterocycles. The van der Waals surface area contributed by atoms with Crippen molar-refractivity contribution in [2.24, 2.45) is 15.8 Å². The Hall–Kier alpha value is -3.45. The number of hydrogen-bond acceptors (Lipinski definition) is 5. The second kappa shape index (κ2) is 8.29. The Morgan fingerprint density at radius 2 is 2.04 bits per heavy atom. The molecule has 0 bridgehead atoms. The van der Waals surface area contributed by atoms with E-state index in [1.54, 1.807) is 29.1 Å². The number of nitrogens with two attached hydrogens (primary N) is 1. The highest BCUT2D eigenvalue weighted by atomic mass is 32.1. The van der Waals surface area contributed by atoms with Gasteiger partial charge in [0.25, 0.3) is 5.91 Å². The number of primary amides is 1. The van der Waals surface area contributed by atoms with Gasteiger partial charge in [0.15, 0.2) is 0 Å². The second-order valence-corrected chi connectivity index (χ2v) is 6.43. The van der Waals surface area contributed by atoms with Crippen molar-refractivity contribution >= 4 is 23.5 Å². The van der Waals surface area contributed by atoms with E-state index in [0.717, 1.165) is 11.3 Å². The van der Waals surface area contributed by atoms with Crippen LogP contribution in [0, 0.1) is 0 Å². The van der Waals surface area contributed by atoms with Crippen molar-refractivity contribution in [2.75, 3.05) is 6.54 Å². The smallest absolute Gasteiger partial charge is 0.252 e. The molecule has 3 N–H and O–H groups in total. The van der Waals surface area contributed by atoms with Crippen LogP contribution in [-0.2, 0) is 0 Å². The summed E-state index contributed by atoms with van der Waals surface area (Å²) in [6.07, 6.45) is 3.44. The maximum Gasteiger partial charge on any atom is 0.252 e. The van der Waals surface area contributed by atoms with Gasteiger partial charge < -0.3 is 10.8 Å². The fourth-order valence-electron chi connectivity index (χ4n) is 2.42. The fraction of sp³-hybridized carbons (Fsp3) is 0.0500. The van der Waals surface area contributed by atoms with Gasteiger partial charge in [-0.3, -0.25) is 9.79 Å². The Kier molecular flexibility index (Phi) is 5.63. The quantitative estimate of drug-likeness (QED) is 0.510. The molecule has 136 valence electrons. The minimum atomic E-state index is -0.694. The molecule has 3 aromatic rings. The van der Waals surface area contributed by atoms with Gasteiger partial charge >= 0.3 is 0 Å². The van der Waals surface area contributed by atoms with E-state index in [9.17, 15) is 9.90 Å². The third-order valence-electron chi connectivity index (χ3n) is 3.72. The average molecular weight is 378 g/mol. The standard InChI is InChI=1S/C20H18N4O2S/c1-2-10-22-20-24(23-12-14-6-4-3-5-7-14)17(13-27-20)15-8-9-18(25)16(11-15)19(21)26/h2-9,11-13,25H,1,10H2,(H2,21,26)/b22-20?,23-12-. The zero-order chi connectivity index (χ0) is 19.2. The number of hydrogen-bond donors (Lipinski definition) is 2. The third kappa shape index (κ3) is 4.21. The van der Waals surface area contributed by atoms with Crippen LogP contribution in [0.1, 0.15) is 15.9 Å². The summed E-state index contributed by atoms with van der Waals surface area (Å²) in [5.74, 6) is -0.849. The monoisotopic (exact) mass is 378 g/mol. The summed E-state index contributed by atoms with van der Waals surface area (Å²) in [6.45, 7) is 4.15. The largest absolute Gasteiger partial charge is 0.507 e. The summed E-state index contributed by atoms with van der Waals surface area (Å²) in [5.41, 5.74) is 7.78. The van der Waals surface area contributed by atoms with Gasteiger partial charge in [0, 0.05) is 10.9 Å². The number of thiazole rings is 1. The number of aromatic hydroxyl groups is 1. The number of rotatable bonds is 6. The summed E-state index contributed by atoms with van der Waals surface area (Å²) in [4.78, 5) is 16.7. The van der Waals surface area contributed by atoms with Crippen LogP contribution < -0.4 is 10.5 Å². The summed E-state index contributed by atoms with van der Waals surface area (Å²) in [6, 6.07) is 14.4. The first-order valence-corrected chi connectivity index (χ1v) is 9.02. The van der Waals surface area contributed by atoms with Crippen molar-refractivity contribution < 1.29 is 9.90 Å². The predicted octanol–water partition coefficient (Wildman–Crippen LogP) is 2.99. The van der Waals surface area contributed by atoms with E-state index in [-0.39, 0.29) is 11.3 Å². The van der Waals surface area contributed by atoms with Gasteiger partial charge in [-0.15, -0.1) is 17.9 Å². The highest BCUT2D eigenvalue weighted by Gasteiger charge is 2.13. The summed E-state index contributed by atoms with van der Waals surface area (Å²) < 4.78 is 1.69. The molecule has 0 saturated heterocycles. The minimum absolute atomic E-state index is 0.0573.